The van der Waals surface area contributed by atoms with Gasteiger partial charge in [0.25, 0.3) is 0 Å². The van der Waals surface area contributed by atoms with Gasteiger partial charge in [0, 0.05) is 18.2 Å². The topological polar surface area (TPSA) is 71.5 Å². The van der Waals surface area contributed by atoms with E-state index in [-0.39, 0.29) is 11.8 Å². The molecule has 1 aromatic heterocycles. The second kappa shape index (κ2) is 6.83. The highest BCUT2D eigenvalue weighted by Gasteiger charge is 2.36. The number of rotatable bonds is 3. The molecule has 7 heteroatoms. The molecule has 3 atom stereocenters. The fourth-order valence-corrected chi connectivity index (χ4v) is 4.57. The van der Waals surface area contributed by atoms with Crippen LogP contribution in [0.5, 0.6) is 0 Å². The molecule has 3 aliphatic rings. The van der Waals surface area contributed by atoms with Crippen LogP contribution < -0.4 is 10.2 Å². The molecule has 1 N–H and O–H groups in total. The molecule has 3 fully saturated rings. The first kappa shape index (κ1) is 16.6. The Morgan fingerprint density at radius 2 is 2.16 bits per heavy atom. The van der Waals surface area contributed by atoms with E-state index in [2.05, 4.69) is 10.3 Å². The average Bonchev–Trinajstić information content (AvgIpc) is 3.01. The zero-order valence-corrected chi connectivity index (χ0v) is 14.8. The average molecular weight is 364 g/mol. The highest BCUT2D eigenvalue weighted by atomic mass is 35.5. The van der Waals surface area contributed by atoms with Crippen molar-refractivity contribution in [3.05, 3.63) is 22.8 Å². The monoisotopic (exact) mass is 363 g/mol. The molecule has 2 saturated heterocycles. The summed E-state index contributed by atoms with van der Waals surface area (Å²) in [6.07, 6.45) is 7.66. The van der Waals surface area contributed by atoms with Crippen LogP contribution in [-0.4, -0.2) is 36.2 Å². The number of halogens is 1. The second-order valence-corrected chi connectivity index (χ2v) is 7.62. The van der Waals surface area contributed by atoms with E-state index < -0.39 is 6.09 Å². The summed E-state index contributed by atoms with van der Waals surface area (Å²) in [5, 5.41) is 3.62. The number of cyclic esters (lactones) is 1. The van der Waals surface area contributed by atoms with Crippen LogP contribution in [-0.2, 0) is 16.0 Å². The molecule has 2 aliphatic heterocycles. The number of hydrogen-bond donors (Lipinski definition) is 1. The Balaban J connectivity index is 1.46. The minimum Gasteiger partial charge on any atom is -0.447 e. The summed E-state index contributed by atoms with van der Waals surface area (Å²) in [7, 11) is 0. The SMILES string of the molecule is O=C1NC2CCCCC2CC1Cc1cnc(N2CCOC2=O)c(Cl)c1. The van der Waals surface area contributed by atoms with Crippen molar-refractivity contribution in [1.29, 1.82) is 0 Å². The Labute approximate surface area is 151 Å². The summed E-state index contributed by atoms with van der Waals surface area (Å²) in [5.74, 6) is 1.14. The van der Waals surface area contributed by atoms with Crippen molar-refractivity contribution < 1.29 is 14.3 Å². The maximum Gasteiger partial charge on any atom is 0.415 e. The third kappa shape index (κ3) is 3.32. The predicted octanol–water partition coefficient (Wildman–Crippen LogP) is 2.93. The highest BCUT2D eigenvalue weighted by Crippen LogP contribution is 2.35. The molecule has 0 aromatic carbocycles. The lowest BCUT2D eigenvalue weighted by atomic mass is 9.74. The lowest BCUT2D eigenvalue weighted by Crippen LogP contribution is -2.51. The summed E-state index contributed by atoms with van der Waals surface area (Å²) in [6, 6.07) is 2.18. The molecule has 4 rings (SSSR count). The van der Waals surface area contributed by atoms with Crippen LogP contribution in [0.4, 0.5) is 10.6 Å². The first-order valence-electron chi connectivity index (χ1n) is 9.01. The zero-order valence-electron chi connectivity index (χ0n) is 14.0. The van der Waals surface area contributed by atoms with E-state index in [1.807, 2.05) is 6.07 Å². The molecular formula is C18H22ClN3O3. The number of pyridine rings is 1. The van der Waals surface area contributed by atoms with Gasteiger partial charge in [-0.05, 0) is 43.2 Å². The summed E-state index contributed by atoms with van der Waals surface area (Å²) < 4.78 is 4.93. The minimum absolute atomic E-state index is 0.0279. The standard InChI is InChI=1S/C18H22ClN3O3/c19-14-8-11(10-20-16(14)22-5-6-25-18(22)24)7-13-9-12-3-1-2-4-15(12)21-17(13)23/h8,10,12-13,15H,1-7,9H2,(H,21,23). The molecule has 0 radical (unpaired) electrons. The molecule has 134 valence electrons. The van der Waals surface area contributed by atoms with Crippen LogP contribution in [0.15, 0.2) is 12.3 Å². The number of nitrogens with zero attached hydrogens (tertiary/aromatic N) is 2. The van der Waals surface area contributed by atoms with Crippen LogP contribution in [0.1, 0.15) is 37.7 Å². The van der Waals surface area contributed by atoms with Gasteiger partial charge in [0.1, 0.15) is 6.61 Å². The third-order valence-electron chi connectivity index (χ3n) is 5.57. The van der Waals surface area contributed by atoms with E-state index in [9.17, 15) is 9.59 Å². The second-order valence-electron chi connectivity index (χ2n) is 7.21. The number of carbonyl (C=O) groups excluding carboxylic acids is 2. The molecule has 0 bridgehead atoms. The van der Waals surface area contributed by atoms with Gasteiger partial charge in [0.05, 0.1) is 11.6 Å². The molecule has 6 nitrogen and oxygen atoms in total. The Hall–Kier alpha value is -1.82. The molecule has 1 aliphatic carbocycles. The molecule has 3 unspecified atom stereocenters. The Morgan fingerprint density at radius 3 is 2.92 bits per heavy atom. The Kier molecular flexibility index (Phi) is 4.54. The Morgan fingerprint density at radius 1 is 1.32 bits per heavy atom. The van der Waals surface area contributed by atoms with E-state index in [1.165, 1.54) is 24.2 Å². The number of ether oxygens (including phenoxy) is 1. The van der Waals surface area contributed by atoms with Crippen molar-refractivity contribution in [3.8, 4) is 0 Å². The zero-order chi connectivity index (χ0) is 17.4. The van der Waals surface area contributed by atoms with Gasteiger partial charge in [-0.2, -0.15) is 0 Å². The number of amides is 2. The summed E-state index contributed by atoms with van der Waals surface area (Å²) in [6.45, 7) is 0.808. The van der Waals surface area contributed by atoms with Crippen molar-refractivity contribution in [3.63, 3.8) is 0 Å². The van der Waals surface area contributed by atoms with Crippen molar-refractivity contribution in [1.82, 2.24) is 10.3 Å². The van der Waals surface area contributed by atoms with Crippen molar-refractivity contribution in [2.75, 3.05) is 18.1 Å². The van der Waals surface area contributed by atoms with Crippen LogP contribution in [0.2, 0.25) is 5.02 Å². The van der Waals surface area contributed by atoms with Gasteiger partial charge in [-0.15, -0.1) is 0 Å². The van der Waals surface area contributed by atoms with E-state index >= 15 is 0 Å². The largest absolute Gasteiger partial charge is 0.447 e. The van der Waals surface area contributed by atoms with Crippen LogP contribution in [0.3, 0.4) is 0 Å². The van der Waals surface area contributed by atoms with Gasteiger partial charge < -0.3 is 10.1 Å². The van der Waals surface area contributed by atoms with E-state index in [0.29, 0.717) is 42.4 Å². The molecule has 0 spiro atoms. The number of fused-ring (bicyclic) bond motifs is 1. The number of hydrogen-bond acceptors (Lipinski definition) is 4. The molecule has 25 heavy (non-hydrogen) atoms. The fourth-order valence-electron chi connectivity index (χ4n) is 4.28. The van der Waals surface area contributed by atoms with Crippen LogP contribution in [0, 0.1) is 11.8 Å². The van der Waals surface area contributed by atoms with E-state index in [0.717, 1.165) is 18.4 Å². The van der Waals surface area contributed by atoms with E-state index in [4.69, 9.17) is 16.3 Å². The van der Waals surface area contributed by atoms with Crippen LogP contribution >= 0.6 is 11.6 Å². The predicted molar refractivity (Wildman–Crippen MR) is 93.6 cm³/mol. The Bertz CT molecular complexity index is 696. The van der Waals surface area contributed by atoms with Gasteiger partial charge in [0.2, 0.25) is 5.91 Å². The maximum atomic E-state index is 12.4. The van der Waals surface area contributed by atoms with Gasteiger partial charge in [-0.25, -0.2) is 9.78 Å². The number of carbonyl (C=O) groups is 2. The lowest BCUT2D eigenvalue weighted by Gasteiger charge is -2.39. The van der Waals surface area contributed by atoms with Gasteiger partial charge in [-0.1, -0.05) is 24.4 Å². The summed E-state index contributed by atoms with van der Waals surface area (Å²) in [5.41, 5.74) is 0.927. The maximum absolute atomic E-state index is 12.4. The summed E-state index contributed by atoms with van der Waals surface area (Å²) in [4.78, 5) is 29.9. The first-order valence-corrected chi connectivity index (χ1v) is 9.38. The lowest BCUT2D eigenvalue weighted by molar-refractivity contribution is -0.129. The molecule has 1 aromatic rings. The number of nitrogens with one attached hydrogen (secondary N) is 1. The molecule has 3 heterocycles. The first-order chi connectivity index (χ1) is 12.1. The normalized spacial score (nSPS) is 29.2. The fraction of sp³-hybridized carbons (Fsp3) is 0.611. The smallest absolute Gasteiger partial charge is 0.415 e. The van der Waals surface area contributed by atoms with Gasteiger partial charge in [-0.3, -0.25) is 9.69 Å². The summed E-state index contributed by atoms with van der Waals surface area (Å²) >= 11 is 6.33. The number of piperidine rings is 1. The van der Waals surface area contributed by atoms with Crippen molar-refractivity contribution in [2.24, 2.45) is 11.8 Å². The van der Waals surface area contributed by atoms with E-state index in [1.54, 1.807) is 6.20 Å². The van der Waals surface area contributed by atoms with Gasteiger partial charge >= 0.3 is 6.09 Å². The molecular weight excluding hydrogens is 342 g/mol. The number of anilines is 1. The van der Waals surface area contributed by atoms with Gasteiger partial charge in [0.15, 0.2) is 5.82 Å². The third-order valence-corrected chi connectivity index (χ3v) is 5.85. The van der Waals surface area contributed by atoms with Crippen molar-refractivity contribution >= 4 is 29.4 Å². The van der Waals surface area contributed by atoms with Crippen molar-refractivity contribution in [2.45, 2.75) is 44.6 Å². The molecule has 2 amide bonds. The quantitative estimate of drug-likeness (QED) is 0.896. The van der Waals surface area contributed by atoms with Crippen LogP contribution in [0.25, 0.3) is 0 Å². The number of aromatic nitrogens is 1. The highest BCUT2D eigenvalue weighted by molar-refractivity contribution is 6.33. The minimum atomic E-state index is -0.419. The molecule has 1 saturated carbocycles.